The van der Waals surface area contributed by atoms with Gasteiger partial charge in [0.15, 0.2) is 11.5 Å². The Morgan fingerprint density at radius 1 is 1.20 bits per heavy atom. The Kier molecular flexibility index (Phi) is 6.36. The molecule has 0 heterocycles. The number of rotatable bonds is 8. The second-order valence-corrected chi connectivity index (χ2v) is 4.21. The molecule has 1 amide bonds. The second-order valence-electron chi connectivity index (χ2n) is 4.21. The van der Waals surface area contributed by atoms with Crippen LogP contribution in [0, 0.1) is 0 Å². The van der Waals surface area contributed by atoms with Crippen molar-refractivity contribution in [1.82, 2.24) is 5.32 Å². The van der Waals surface area contributed by atoms with E-state index >= 15 is 0 Å². The van der Waals surface area contributed by atoms with E-state index in [1.54, 1.807) is 25.3 Å². The molecule has 1 aromatic rings. The highest BCUT2D eigenvalue weighted by molar-refractivity contribution is 5.78. The van der Waals surface area contributed by atoms with Gasteiger partial charge in [-0.3, -0.25) is 9.59 Å². The Hall–Kier alpha value is -2.24. The first kappa shape index (κ1) is 15.8. The van der Waals surface area contributed by atoms with Crippen molar-refractivity contribution >= 4 is 11.9 Å². The zero-order valence-electron chi connectivity index (χ0n) is 11.6. The number of aliphatic carboxylic acids is 1. The first-order valence-corrected chi connectivity index (χ1v) is 6.26. The Bertz CT molecular complexity index is 473. The van der Waals surface area contributed by atoms with E-state index in [2.05, 4.69) is 5.32 Å². The smallest absolute Gasteiger partial charge is 0.303 e. The van der Waals surface area contributed by atoms with Crippen LogP contribution in [0.25, 0.3) is 0 Å². The molecule has 0 aliphatic rings. The highest BCUT2D eigenvalue weighted by atomic mass is 16.5. The van der Waals surface area contributed by atoms with E-state index in [0.717, 1.165) is 5.56 Å². The molecule has 0 spiro atoms. The van der Waals surface area contributed by atoms with E-state index in [9.17, 15) is 9.59 Å². The lowest BCUT2D eigenvalue weighted by Crippen LogP contribution is -2.26. The van der Waals surface area contributed by atoms with E-state index < -0.39 is 5.97 Å². The molecule has 1 rings (SSSR count). The third kappa shape index (κ3) is 5.17. The first-order chi connectivity index (χ1) is 9.56. The van der Waals surface area contributed by atoms with Crippen LogP contribution in [-0.2, 0) is 16.0 Å². The van der Waals surface area contributed by atoms with Gasteiger partial charge in [0.1, 0.15) is 0 Å². The predicted molar refractivity (Wildman–Crippen MR) is 73.1 cm³/mol. The van der Waals surface area contributed by atoms with Gasteiger partial charge in [-0.1, -0.05) is 6.07 Å². The third-order valence-electron chi connectivity index (χ3n) is 2.70. The summed E-state index contributed by atoms with van der Waals surface area (Å²) in [6.45, 7) is 0.360. The molecule has 110 valence electrons. The molecule has 1 aromatic carbocycles. The van der Waals surface area contributed by atoms with Crippen LogP contribution in [0.15, 0.2) is 18.2 Å². The molecule has 0 fully saturated rings. The topological polar surface area (TPSA) is 84.9 Å². The number of ether oxygens (including phenoxy) is 2. The fourth-order valence-corrected chi connectivity index (χ4v) is 1.71. The Morgan fingerprint density at radius 2 is 1.90 bits per heavy atom. The lowest BCUT2D eigenvalue weighted by Gasteiger charge is -2.09. The molecule has 0 aliphatic heterocycles. The molecule has 0 saturated carbocycles. The number of nitrogens with one attached hydrogen (secondary N) is 1. The molecule has 0 unspecified atom stereocenters. The lowest BCUT2D eigenvalue weighted by molar-refractivity contribution is -0.137. The number of hydrogen-bond donors (Lipinski definition) is 2. The Labute approximate surface area is 117 Å². The summed E-state index contributed by atoms with van der Waals surface area (Å²) in [4.78, 5) is 22.0. The van der Waals surface area contributed by atoms with Crippen molar-refractivity contribution in [1.29, 1.82) is 0 Å². The van der Waals surface area contributed by atoms with Crippen molar-refractivity contribution in [3.05, 3.63) is 23.8 Å². The van der Waals surface area contributed by atoms with Crippen molar-refractivity contribution in [3.8, 4) is 11.5 Å². The molecule has 0 aliphatic carbocycles. The van der Waals surface area contributed by atoms with Gasteiger partial charge >= 0.3 is 5.97 Å². The van der Waals surface area contributed by atoms with Gasteiger partial charge in [-0.25, -0.2) is 0 Å². The summed E-state index contributed by atoms with van der Waals surface area (Å²) in [5.41, 5.74) is 0.804. The van der Waals surface area contributed by atoms with Crippen molar-refractivity contribution in [2.24, 2.45) is 0 Å². The number of carbonyl (C=O) groups excluding carboxylic acids is 1. The molecule has 6 nitrogen and oxygen atoms in total. The Balaban J connectivity index is 2.47. The van der Waals surface area contributed by atoms with Crippen molar-refractivity contribution < 1.29 is 24.2 Å². The second kappa shape index (κ2) is 8.04. The standard InChI is InChI=1S/C14H19NO5/c1-19-11-6-5-10(8-12(11)20-2)9-13(16)15-7-3-4-14(17)18/h5-6,8H,3-4,7,9H2,1-2H3,(H,15,16)(H,17,18). The van der Waals surface area contributed by atoms with Gasteiger partial charge in [-0.2, -0.15) is 0 Å². The first-order valence-electron chi connectivity index (χ1n) is 6.26. The summed E-state index contributed by atoms with van der Waals surface area (Å²) in [6.07, 6.45) is 0.692. The molecular weight excluding hydrogens is 262 g/mol. The number of benzene rings is 1. The van der Waals surface area contributed by atoms with Crippen LogP contribution in [0.1, 0.15) is 18.4 Å². The third-order valence-corrected chi connectivity index (χ3v) is 2.70. The summed E-state index contributed by atoms with van der Waals surface area (Å²) in [5.74, 6) is 0.170. The monoisotopic (exact) mass is 281 g/mol. The zero-order valence-corrected chi connectivity index (χ0v) is 11.6. The van der Waals surface area contributed by atoms with Crippen molar-refractivity contribution in [3.63, 3.8) is 0 Å². The van der Waals surface area contributed by atoms with Crippen LogP contribution in [-0.4, -0.2) is 37.7 Å². The minimum Gasteiger partial charge on any atom is -0.493 e. The lowest BCUT2D eigenvalue weighted by atomic mass is 10.1. The number of carboxylic acids is 1. The number of carboxylic acid groups (broad SMARTS) is 1. The van der Waals surface area contributed by atoms with Crippen LogP contribution < -0.4 is 14.8 Å². The summed E-state index contributed by atoms with van der Waals surface area (Å²) in [5, 5.41) is 11.2. The van der Waals surface area contributed by atoms with Gasteiger partial charge in [-0.05, 0) is 24.1 Å². The minimum absolute atomic E-state index is 0.0522. The van der Waals surface area contributed by atoms with E-state index in [-0.39, 0.29) is 18.7 Å². The van der Waals surface area contributed by atoms with Gasteiger partial charge in [0.25, 0.3) is 0 Å². The van der Waals surface area contributed by atoms with Crippen LogP contribution in [0.3, 0.4) is 0 Å². The molecule has 0 aromatic heterocycles. The average molecular weight is 281 g/mol. The maximum absolute atomic E-state index is 11.7. The highest BCUT2D eigenvalue weighted by Gasteiger charge is 2.08. The zero-order chi connectivity index (χ0) is 15.0. The molecule has 6 heteroatoms. The van der Waals surface area contributed by atoms with Crippen LogP contribution in [0.4, 0.5) is 0 Å². The summed E-state index contributed by atoms with van der Waals surface area (Å²) in [6, 6.07) is 5.28. The summed E-state index contributed by atoms with van der Waals surface area (Å²) < 4.78 is 10.3. The van der Waals surface area contributed by atoms with E-state index in [0.29, 0.717) is 24.5 Å². The Morgan fingerprint density at radius 3 is 2.50 bits per heavy atom. The minimum atomic E-state index is -0.862. The molecular formula is C14H19NO5. The molecule has 0 saturated heterocycles. The molecule has 2 N–H and O–H groups in total. The van der Waals surface area contributed by atoms with Crippen molar-refractivity contribution in [2.45, 2.75) is 19.3 Å². The average Bonchev–Trinajstić information content (AvgIpc) is 2.43. The van der Waals surface area contributed by atoms with Crippen LogP contribution in [0.2, 0.25) is 0 Å². The van der Waals surface area contributed by atoms with Gasteiger partial charge in [0.05, 0.1) is 20.6 Å². The number of carbonyl (C=O) groups is 2. The summed E-state index contributed by atoms with van der Waals surface area (Å²) in [7, 11) is 3.08. The molecule has 0 atom stereocenters. The fraction of sp³-hybridized carbons (Fsp3) is 0.429. The van der Waals surface area contributed by atoms with Gasteiger partial charge in [0.2, 0.25) is 5.91 Å². The van der Waals surface area contributed by atoms with Gasteiger partial charge < -0.3 is 19.9 Å². The highest BCUT2D eigenvalue weighted by Crippen LogP contribution is 2.27. The molecule has 0 bridgehead atoms. The van der Waals surface area contributed by atoms with E-state index in [1.165, 1.54) is 7.11 Å². The number of methoxy groups -OCH3 is 2. The van der Waals surface area contributed by atoms with Gasteiger partial charge in [0, 0.05) is 13.0 Å². The van der Waals surface area contributed by atoms with E-state index in [1.807, 2.05) is 0 Å². The number of hydrogen-bond acceptors (Lipinski definition) is 4. The SMILES string of the molecule is COc1ccc(CC(=O)NCCCC(=O)O)cc1OC. The molecule has 20 heavy (non-hydrogen) atoms. The summed E-state index contributed by atoms with van der Waals surface area (Å²) >= 11 is 0. The largest absolute Gasteiger partial charge is 0.493 e. The van der Waals surface area contributed by atoms with Crippen LogP contribution in [0.5, 0.6) is 11.5 Å². The fourth-order valence-electron chi connectivity index (χ4n) is 1.71. The number of amides is 1. The normalized spacial score (nSPS) is 9.90. The van der Waals surface area contributed by atoms with E-state index in [4.69, 9.17) is 14.6 Å². The van der Waals surface area contributed by atoms with Gasteiger partial charge in [-0.15, -0.1) is 0 Å². The van der Waals surface area contributed by atoms with Crippen molar-refractivity contribution in [2.75, 3.05) is 20.8 Å². The van der Waals surface area contributed by atoms with Crippen LogP contribution >= 0.6 is 0 Å². The predicted octanol–water partition coefficient (Wildman–Crippen LogP) is 1.23. The maximum Gasteiger partial charge on any atom is 0.303 e. The maximum atomic E-state index is 11.7. The quantitative estimate of drug-likeness (QED) is 0.700. The molecule has 0 radical (unpaired) electrons.